The van der Waals surface area contributed by atoms with Gasteiger partial charge in [0.15, 0.2) is 0 Å². The maximum absolute atomic E-state index is 13.2. The highest BCUT2D eigenvalue weighted by Gasteiger charge is 2.32. The van der Waals surface area contributed by atoms with Crippen LogP contribution < -0.4 is 15.0 Å². The van der Waals surface area contributed by atoms with Crippen LogP contribution in [-0.4, -0.2) is 31.6 Å². The smallest absolute Gasteiger partial charge is 0.230 e. The third-order valence-electron chi connectivity index (χ3n) is 4.02. The second-order valence-electron chi connectivity index (χ2n) is 5.53. The molecular formula is C15H20ClFN2O2. The van der Waals surface area contributed by atoms with Crippen molar-refractivity contribution in [3.05, 3.63) is 24.0 Å². The summed E-state index contributed by atoms with van der Waals surface area (Å²) in [4.78, 5) is 14.4. The van der Waals surface area contributed by atoms with E-state index >= 15 is 0 Å². The Hall–Kier alpha value is -1.33. The molecule has 4 nitrogen and oxygen atoms in total. The third-order valence-corrected chi connectivity index (χ3v) is 4.02. The van der Waals surface area contributed by atoms with E-state index in [4.69, 9.17) is 4.74 Å². The summed E-state index contributed by atoms with van der Waals surface area (Å²) in [5.74, 6) is 0.303. The van der Waals surface area contributed by atoms with E-state index in [0.29, 0.717) is 30.6 Å². The molecule has 1 N–H and O–H groups in total. The second kappa shape index (κ2) is 6.62. The minimum Gasteiger partial charge on any atom is -0.489 e. The summed E-state index contributed by atoms with van der Waals surface area (Å²) in [5.41, 5.74) is 0.689. The van der Waals surface area contributed by atoms with Gasteiger partial charge in [0.1, 0.15) is 18.2 Å². The lowest BCUT2D eigenvalue weighted by Crippen LogP contribution is -2.46. The van der Waals surface area contributed by atoms with Gasteiger partial charge in [0.05, 0.1) is 12.2 Å². The van der Waals surface area contributed by atoms with E-state index in [1.54, 1.807) is 11.0 Å². The maximum atomic E-state index is 13.2. The molecule has 2 aliphatic rings. The molecule has 3 rings (SSSR count). The first-order valence-corrected chi connectivity index (χ1v) is 7.12. The minimum absolute atomic E-state index is 0. The summed E-state index contributed by atoms with van der Waals surface area (Å²) >= 11 is 0. The van der Waals surface area contributed by atoms with Crippen LogP contribution in [0.1, 0.15) is 19.8 Å². The van der Waals surface area contributed by atoms with E-state index in [1.807, 2.05) is 0 Å². The van der Waals surface area contributed by atoms with Crippen molar-refractivity contribution >= 4 is 24.0 Å². The highest BCUT2D eigenvalue weighted by molar-refractivity contribution is 5.96. The summed E-state index contributed by atoms with van der Waals surface area (Å²) in [6.45, 7) is 3.93. The van der Waals surface area contributed by atoms with Crippen molar-refractivity contribution < 1.29 is 13.9 Å². The zero-order valence-corrected chi connectivity index (χ0v) is 12.8. The molecule has 116 valence electrons. The van der Waals surface area contributed by atoms with Gasteiger partial charge in [-0.3, -0.25) is 4.79 Å². The lowest BCUT2D eigenvalue weighted by atomic mass is 9.91. The Morgan fingerprint density at radius 2 is 2.29 bits per heavy atom. The largest absolute Gasteiger partial charge is 0.489 e. The maximum Gasteiger partial charge on any atom is 0.230 e. The highest BCUT2D eigenvalue weighted by Crippen LogP contribution is 2.34. The Balaban J connectivity index is 0.00000161. The van der Waals surface area contributed by atoms with Gasteiger partial charge in [-0.2, -0.15) is 0 Å². The predicted molar refractivity (Wildman–Crippen MR) is 81.7 cm³/mol. The Kier molecular flexibility index (Phi) is 5.06. The molecule has 0 aromatic heterocycles. The molecule has 0 spiro atoms. The average molecular weight is 315 g/mol. The Labute approximate surface area is 130 Å². The topological polar surface area (TPSA) is 41.6 Å². The van der Waals surface area contributed by atoms with Crippen molar-refractivity contribution in [3.8, 4) is 5.75 Å². The average Bonchev–Trinajstić information content (AvgIpc) is 2.45. The fourth-order valence-electron chi connectivity index (χ4n) is 3.00. The van der Waals surface area contributed by atoms with E-state index in [0.717, 1.165) is 19.4 Å². The SMILES string of the molecule is C[C@H]1C[C@@H](C(=O)N2CCOc3cc(F)ccc32)CCN1.Cl. The zero-order valence-electron chi connectivity index (χ0n) is 12.0. The van der Waals surface area contributed by atoms with Crippen LogP contribution >= 0.6 is 12.4 Å². The van der Waals surface area contributed by atoms with Crippen LogP contribution in [0.15, 0.2) is 18.2 Å². The van der Waals surface area contributed by atoms with Crippen LogP contribution in [0.5, 0.6) is 5.75 Å². The van der Waals surface area contributed by atoms with Crippen LogP contribution in [0.2, 0.25) is 0 Å². The van der Waals surface area contributed by atoms with Gasteiger partial charge in [-0.1, -0.05) is 0 Å². The fourth-order valence-corrected chi connectivity index (χ4v) is 3.00. The fraction of sp³-hybridized carbons (Fsp3) is 0.533. The molecule has 21 heavy (non-hydrogen) atoms. The molecule has 0 aliphatic carbocycles. The highest BCUT2D eigenvalue weighted by atomic mass is 35.5. The Morgan fingerprint density at radius 1 is 1.48 bits per heavy atom. The second-order valence-corrected chi connectivity index (χ2v) is 5.53. The van der Waals surface area contributed by atoms with Crippen molar-refractivity contribution in [2.45, 2.75) is 25.8 Å². The van der Waals surface area contributed by atoms with Gasteiger partial charge in [0.2, 0.25) is 5.91 Å². The standard InChI is InChI=1S/C15H19FN2O2.ClH/c1-10-8-11(4-5-17-10)15(19)18-6-7-20-14-9-12(16)2-3-13(14)18;/h2-3,9-11,17H,4-8H2,1H3;1H/t10-,11-;/m0./s1. The normalized spacial score (nSPS) is 24.6. The summed E-state index contributed by atoms with van der Waals surface area (Å²) in [5, 5.41) is 3.35. The van der Waals surface area contributed by atoms with Gasteiger partial charge in [0.25, 0.3) is 0 Å². The van der Waals surface area contributed by atoms with E-state index in [-0.39, 0.29) is 30.0 Å². The van der Waals surface area contributed by atoms with Crippen LogP contribution in [0, 0.1) is 11.7 Å². The molecule has 1 saturated heterocycles. The lowest BCUT2D eigenvalue weighted by molar-refractivity contribution is -0.123. The van der Waals surface area contributed by atoms with Crippen LogP contribution in [0.25, 0.3) is 0 Å². The summed E-state index contributed by atoms with van der Waals surface area (Å²) < 4.78 is 18.7. The van der Waals surface area contributed by atoms with Crippen molar-refractivity contribution in [2.24, 2.45) is 5.92 Å². The van der Waals surface area contributed by atoms with Gasteiger partial charge in [-0.15, -0.1) is 12.4 Å². The zero-order chi connectivity index (χ0) is 14.1. The van der Waals surface area contributed by atoms with Gasteiger partial charge >= 0.3 is 0 Å². The van der Waals surface area contributed by atoms with Crippen molar-refractivity contribution in [1.29, 1.82) is 0 Å². The van der Waals surface area contributed by atoms with Crippen molar-refractivity contribution in [1.82, 2.24) is 5.32 Å². The molecule has 1 amide bonds. The molecule has 0 bridgehead atoms. The number of nitrogens with one attached hydrogen (secondary N) is 1. The number of amides is 1. The number of ether oxygens (including phenoxy) is 1. The minimum atomic E-state index is -0.339. The molecule has 2 aliphatic heterocycles. The molecule has 2 heterocycles. The lowest BCUT2D eigenvalue weighted by Gasteiger charge is -2.35. The quantitative estimate of drug-likeness (QED) is 0.865. The first-order valence-electron chi connectivity index (χ1n) is 7.12. The Bertz CT molecular complexity index is 526. The van der Waals surface area contributed by atoms with Gasteiger partial charge in [-0.05, 0) is 38.4 Å². The third kappa shape index (κ3) is 3.30. The number of halogens is 2. The summed E-state index contributed by atoms with van der Waals surface area (Å²) in [7, 11) is 0. The number of benzene rings is 1. The first-order chi connectivity index (χ1) is 9.65. The molecule has 1 aromatic rings. The molecule has 2 atom stereocenters. The predicted octanol–water partition coefficient (Wildman–Crippen LogP) is 2.36. The molecule has 1 aromatic carbocycles. The Morgan fingerprint density at radius 3 is 3.05 bits per heavy atom. The number of nitrogens with zero attached hydrogens (tertiary/aromatic N) is 1. The number of piperidine rings is 1. The van der Waals surface area contributed by atoms with Crippen LogP contribution in [0.3, 0.4) is 0 Å². The molecule has 1 fully saturated rings. The number of carbonyl (C=O) groups excluding carboxylic acids is 1. The van der Waals surface area contributed by atoms with Gasteiger partial charge in [-0.25, -0.2) is 4.39 Å². The van der Waals surface area contributed by atoms with E-state index in [9.17, 15) is 9.18 Å². The van der Waals surface area contributed by atoms with E-state index in [1.165, 1.54) is 12.1 Å². The number of carbonyl (C=O) groups is 1. The number of hydrogen-bond acceptors (Lipinski definition) is 3. The summed E-state index contributed by atoms with van der Waals surface area (Å²) in [6, 6.07) is 4.72. The first kappa shape index (κ1) is 16.0. The van der Waals surface area contributed by atoms with Crippen molar-refractivity contribution in [2.75, 3.05) is 24.6 Å². The van der Waals surface area contributed by atoms with E-state index < -0.39 is 0 Å². The van der Waals surface area contributed by atoms with E-state index in [2.05, 4.69) is 12.2 Å². The molecule has 0 radical (unpaired) electrons. The monoisotopic (exact) mass is 314 g/mol. The summed E-state index contributed by atoms with van der Waals surface area (Å²) in [6.07, 6.45) is 1.71. The number of fused-ring (bicyclic) bond motifs is 1. The molecule has 0 unspecified atom stereocenters. The number of hydrogen-bond donors (Lipinski definition) is 1. The van der Waals surface area contributed by atoms with Crippen molar-refractivity contribution in [3.63, 3.8) is 0 Å². The molecule has 0 saturated carbocycles. The van der Waals surface area contributed by atoms with Gasteiger partial charge < -0.3 is 15.0 Å². The molecule has 6 heteroatoms. The van der Waals surface area contributed by atoms with Gasteiger partial charge in [0, 0.05) is 18.0 Å². The van der Waals surface area contributed by atoms with Crippen LogP contribution in [0.4, 0.5) is 10.1 Å². The number of rotatable bonds is 1. The number of anilines is 1. The van der Waals surface area contributed by atoms with Crippen LogP contribution in [-0.2, 0) is 4.79 Å². The molecular weight excluding hydrogens is 295 g/mol.